The zero-order valence-corrected chi connectivity index (χ0v) is 22.3. The maximum Gasteiger partial charge on any atom is 0.186 e. The second-order valence-electron chi connectivity index (χ2n) is 10.6. The van der Waals surface area contributed by atoms with Crippen LogP contribution >= 0.6 is 0 Å². The van der Waals surface area contributed by atoms with Crippen LogP contribution in [0, 0.1) is 0 Å². The first-order valence-corrected chi connectivity index (χ1v) is 13.4. The van der Waals surface area contributed by atoms with Gasteiger partial charge in [-0.05, 0) is 19.4 Å². The molecule has 11 unspecified atom stereocenters. The molecule has 3 fully saturated rings. The third-order valence-electron chi connectivity index (χ3n) is 7.71. The summed E-state index contributed by atoms with van der Waals surface area (Å²) in [5.74, 6) is -0.305. The van der Waals surface area contributed by atoms with Gasteiger partial charge in [0.25, 0.3) is 0 Å². The molecule has 0 radical (unpaired) electrons. The molecule has 3 aliphatic rings. The van der Waals surface area contributed by atoms with Crippen molar-refractivity contribution in [2.45, 2.75) is 111 Å². The van der Waals surface area contributed by atoms with Gasteiger partial charge in [0.05, 0.1) is 30.9 Å². The molecule has 3 rings (SSSR count). The summed E-state index contributed by atoms with van der Waals surface area (Å²) in [6.45, 7) is -0.753. The Bertz CT molecular complexity index is 844. The Hall–Kier alpha value is -1.30. The van der Waals surface area contributed by atoms with E-state index in [1.54, 1.807) is 0 Å². The second kappa shape index (κ2) is 14.9. The van der Waals surface area contributed by atoms with Gasteiger partial charge in [-0.1, -0.05) is 0 Å². The van der Waals surface area contributed by atoms with E-state index in [0.29, 0.717) is 0 Å². The van der Waals surface area contributed by atoms with E-state index in [-0.39, 0.29) is 31.7 Å². The lowest BCUT2D eigenvalue weighted by atomic mass is 9.83. The highest BCUT2D eigenvalue weighted by Crippen LogP contribution is 2.31. The molecular weight excluding hydrogens is 554 g/mol. The van der Waals surface area contributed by atoms with Crippen LogP contribution < -0.4 is 28.3 Å². The number of ether oxygens (including phenoxy) is 4. The van der Waals surface area contributed by atoms with Crippen molar-refractivity contribution in [2.24, 2.45) is 22.9 Å². The van der Waals surface area contributed by atoms with Crippen LogP contribution in [-0.2, 0) is 18.9 Å². The summed E-state index contributed by atoms with van der Waals surface area (Å²) in [5, 5.41) is 95.2. The maximum absolute atomic E-state index is 11.2. The molecule has 18 heteroatoms. The van der Waals surface area contributed by atoms with Gasteiger partial charge in [0.1, 0.15) is 67.4 Å². The van der Waals surface area contributed by atoms with E-state index in [1.165, 1.54) is 0 Å². The highest BCUT2D eigenvalue weighted by molar-refractivity contribution is 5.09. The molecule has 0 aromatic heterocycles. The predicted molar refractivity (Wildman–Crippen MR) is 137 cm³/mol. The van der Waals surface area contributed by atoms with E-state index in [1.807, 2.05) is 0 Å². The molecule has 2 saturated heterocycles. The summed E-state index contributed by atoms with van der Waals surface area (Å²) in [5.41, 5.74) is 23.2. The van der Waals surface area contributed by atoms with Gasteiger partial charge in [-0.15, -0.1) is 0 Å². The molecule has 0 aromatic carbocycles. The molecule has 18 N–H and O–H groups in total. The van der Waals surface area contributed by atoms with Crippen LogP contribution in [0.3, 0.4) is 0 Å². The lowest BCUT2D eigenvalue weighted by Crippen LogP contribution is -2.68. The van der Waals surface area contributed by atoms with Crippen molar-refractivity contribution >= 4 is 0 Å². The van der Waals surface area contributed by atoms with Crippen LogP contribution in [0.25, 0.3) is 0 Å². The average molecular weight is 600 g/mol. The van der Waals surface area contributed by atoms with E-state index in [0.717, 1.165) is 6.26 Å². The maximum atomic E-state index is 11.2. The average Bonchev–Trinajstić information content (AvgIpc) is 2.95. The molecule has 0 bridgehead atoms. The van der Waals surface area contributed by atoms with E-state index < -0.39 is 104 Å². The molecule has 41 heavy (non-hydrogen) atoms. The lowest BCUT2D eigenvalue weighted by Gasteiger charge is -2.47. The molecule has 240 valence electrons. The summed E-state index contributed by atoms with van der Waals surface area (Å²) < 4.78 is 22.4. The molecule has 2 aliphatic heterocycles. The summed E-state index contributed by atoms with van der Waals surface area (Å²) >= 11 is 0. The number of nitrogens with two attached hydrogens (primary N) is 4. The fourth-order valence-electron chi connectivity index (χ4n) is 5.08. The van der Waals surface area contributed by atoms with Crippen LogP contribution in [0.4, 0.5) is 0 Å². The first-order valence-electron chi connectivity index (χ1n) is 13.4. The van der Waals surface area contributed by atoms with Crippen molar-refractivity contribution in [1.82, 2.24) is 5.32 Å². The Kier molecular flexibility index (Phi) is 12.5. The topological polar surface area (TPSA) is 335 Å². The highest BCUT2D eigenvalue weighted by atomic mass is 16.7. The molecule has 18 nitrogen and oxygen atoms in total. The third kappa shape index (κ3) is 7.62. The first kappa shape index (κ1) is 34.2. The molecule has 16 atom stereocenters. The second-order valence-corrected chi connectivity index (χ2v) is 10.6. The smallest absolute Gasteiger partial charge is 0.186 e. The van der Waals surface area contributed by atoms with Crippen molar-refractivity contribution in [3.05, 3.63) is 12.0 Å². The van der Waals surface area contributed by atoms with Crippen molar-refractivity contribution < 1.29 is 64.9 Å². The van der Waals surface area contributed by atoms with Crippen molar-refractivity contribution in [1.29, 1.82) is 0 Å². The zero-order chi connectivity index (χ0) is 30.6. The zero-order valence-electron chi connectivity index (χ0n) is 22.3. The van der Waals surface area contributed by atoms with Crippen molar-refractivity contribution in [3.8, 4) is 0 Å². The van der Waals surface area contributed by atoms with Crippen molar-refractivity contribution in [2.75, 3.05) is 19.7 Å². The fraction of sp³-hybridized carbons (Fsp3) is 0.913. The number of hydrogen-bond donors (Lipinski definition) is 14. The van der Waals surface area contributed by atoms with Crippen LogP contribution in [-0.4, -0.2) is 163 Å². The highest BCUT2D eigenvalue weighted by Gasteiger charge is 2.50. The number of nitrogens with one attached hydrogen (secondary N) is 1. The summed E-state index contributed by atoms with van der Waals surface area (Å²) in [4.78, 5) is 0. The molecule has 1 aliphatic carbocycles. The minimum atomic E-state index is -1.70. The third-order valence-corrected chi connectivity index (χ3v) is 7.71. The fourth-order valence-corrected chi connectivity index (χ4v) is 5.08. The number of rotatable bonds is 11. The Morgan fingerprint density at radius 1 is 0.927 bits per heavy atom. The SMILES string of the molecule is NCC[C@H](O)C(O)NC1CC(O[C@H]2OC(CO)[C@@H](O)C(N)C2O)C(O)[C@H](O/C=C2/OC(CN)[C@@H](O)C(O)C2O)C1N. The Morgan fingerprint density at radius 2 is 1.61 bits per heavy atom. The standard InChI is InChI=1S/C23H45N5O13/c24-2-1-8(30)22(37)28-7-3-9(40-23-19(35)14(27)15(31)11(5-29)41-23)18(34)21(13(7)26)38-6-12-17(33)20(36)16(32)10(4-25)39-12/h6-11,13-23,28-37H,1-5,24-27H2/b12-6+/t7?,8-,9?,10?,11?,13?,14?,15+,16+,17?,18?,19?,20?,21+,22?,23-/m0/s1. The van der Waals surface area contributed by atoms with Crippen LogP contribution in [0.5, 0.6) is 0 Å². The minimum Gasteiger partial charge on any atom is -0.490 e. The minimum absolute atomic E-state index is 0.0568. The predicted octanol–water partition coefficient (Wildman–Crippen LogP) is -8.12. The lowest BCUT2D eigenvalue weighted by molar-refractivity contribution is -0.303. The molecule has 2 heterocycles. The van der Waals surface area contributed by atoms with E-state index >= 15 is 0 Å². The molecule has 0 aromatic rings. The monoisotopic (exact) mass is 599 g/mol. The van der Waals surface area contributed by atoms with Gasteiger partial charge in [-0.3, -0.25) is 5.32 Å². The van der Waals surface area contributed by atoms with Gasteiger partial charge in [0, 0.05) is 12.6 Å². The molecular formula is C23H45N5O13. The van der Waals surface area contributed by atoms with Crippen LogP contribution in [0.2, 0.25) is 0 Å². The van der Waals surface area contributed by atoms with Gasteiger partial charge < -0.3 is 87.8 Å². The van der Waals surface area contributed by atoms with Gasteiger partial charge in [0.15, 0.2) is 12.0 Å². The first-order chi connectivity index (χ1) is 19.4. The number of hydrogen-bond acceptors (Lipinski definition) is 18. The van der Waals surface area contributed by atoms with Gasteiger partial charge in [-0.25, -0.2) is 0 Å². The normalized spacial score (nSPS) is 46.1. The molecule has 0 spiro atoms. The van der Waals surface area contributed by atoms with Crippen molar-refractivity contribution in [3.63, 3.8) is 0 Å². The van der Waals surface area contributed by atoms with Gasteiger partial charge in [-0.2, -0.15) is 0 Å². The quantitative estimate of drug-likeness (QED) is 0.0774. The Balaban J connectivity index is 1.84. The van der Waals surface area contributed by atoms with Gasteiger partial charge >= 0.3 is 0 Å². The van der Waals surface area contributed by atoms with E-state index in [9.17, 15) is 46.0 Å². The van der Waals surface area contributed by atoms with E-state index in [2.05, 4.69) is 5.32 Å². The molecule has 1 saturated carbocycles. The summed E-state index contributed by atoms with van der Waals surface area (Å²) in [7, 11) is 0. The van der Waals surface area contributed by atoms with Crippen LogP contribution in [0.15, 0.2) is 12.0 Å². The largest absolute Gasteiger partial charge is 0.490 e. The Morgan fingerprint density at radius 3 is 2.22 bits per heavy atom. The summed E-state index contributed by atoms with van der Waals surface area (Å²) in [6.07, 6.45) is -17.6. The Labute approximate surface area is 236 Å². The van der Waals surface area contributed by atoms with E-state index in [4.69, 9.17) is 41.9 Å². The number of aliphatic hydroxyl groups is 9. The summed E-state index contributed by atoms with van der Waals surface area (Å²) in [6, 6.07) is -3.24. The molecule has 0 amide bonds. The van der Waals surface area contributed by atoms with Gasteiger partial charge in [0.2, 0.25) is 0 Å². The number of aliphatic hydroxyl groups excluding tert-OH is 9. The van der Waals surface area contributed by atoms with Crippen LogP contribution in [0.1, 0.15) is 12.8 Å².